The molecule has 0 spiro atoms. The number of carbonyl (C=O) groups excluding carboxylic acids is 2. The molecule has 19 heavy (non-hydrogen) atoms. The highest BCUT2D eigenvalue weighted by atomic mass is 19.1. The fourth-order valence-corrected chi connectivity index (χ4v) is 1.89. The lowest BCUT2D eigenvalue weighted by Crippen LogP contribution is -2.41. The molecule has 1 N–H and O–H groups in total. The molecule has 1 aromatic rings. The Balaban J connectivity index is 2.00. The van der Waals surface area contributed by atoms with E-state index >= 15 is 0 Å². The van der Waals surface area contributed by atoms with Crippen LogP contribution in [0.4, 0.5) is 4.39 Å². The molecule has 0 aliphatic heterocycles. The van der Waals surface area contributed by atoms with Crippen LogP contribution in [0.1, 0.15) is 29.6 Å². The second-order valence-electron chi connectivity index (χ2n) is 4.74. The number of amides is 1. The number of halogens is 1. The van der Waals surface area contributed by atoms with E-state index in [1.54, 1.807) is 0 Å². The Morgan fingerprint density at radius 3 is 2.53 bits per heavy atom. The summed E-state index contributed by atoms with van der Waals surface area (Å²) in [4.78, 5) is 23.5. The van der Waals surface area contributed by atoms with Gasteiger partial charge in [0.2, 0.25) is 0 Å². The van der Waals surface area contributed by atoms with Gasteiger partial charge in [-0.2, -0.15) is 0 Å². The highest BCUT2D eigenvalue weighted by Gasteiger charge is 2.31. The third-order valence-electron chi connectivity index (χ3n) is 3.16. The molecule has 1 atom stereocenters. The lowest BCUT2D eigenvalue weighted by atomic mass is 10.1. The van der Waals surface area contributed by atoms with Gasteiger partial charge in [-0.05, 0) is 36.6 Å². The lowest BCUT2D eigenvalue weighted by Gasteiger charge is -2.16. The van der Waals surface area contributed by atoms with Crippen molar-refractivity contribution in [1.29, 1.82) is 0 Å². The number of carbonyl (C=O) groups is 2. The molecule has 4 nitrogen and oxygen atoms in total. The van der Waals surface area contributed by atoms with Crippen LogP contribution in [0, 0.1) is 11.7 Å². The summed E-state index contributed by atoms with van der Waals surface area (Å²) in [5, 5.41) is 2.64. The Bertz CT molecular complexity index is 468. The molecule has 1 aromatic carbocycles. The number of ether oxygens (including phenoxy) is 1. The molecule has 2 rings (SSSR count). The first-order chi connectivity index (χ1) is 9.10. The number of hydrogen-bond donors (Lipinski definition) is 1. The zero-order valence-corrected chi connectivity index (χ0v) is 10.7. The van der Waals surface area contributed by atoms with Crippen LogP contribution < -0.4 is 5.32 Å². The van der Waals surface area contributed by atoms with E-state index in [1.807, 2.05) is 0 Å². The van der Waals surface area contributed by atoms with Gasteiger partial charge in [-0.1, -0.05) is 12.8 Å². The fourth-order valence-electron chi connectivity index (χ4n) is 1.89. The molecule has 0 unspecified atom stereocenters. The Morgan fingerprint density at radius 2 is 2.00 bits per heavy atom. The van der Waals surface area contributed by atoms with E-state index < -0.39 is 23.7 Å². The molecule has 1 saturated carbocycles. The molecule has 1 fully saturated rings. The summed E-state index contributed by atoms with van der Waals surface area (Å²) >= 11 is 0. The summed E-state index contributed by atoms with van der Waals surface area (Å²) in [7, 11) is 1.30. The Hall–Kier alpha value is -1.91. The monoisotopic (exact) mass is 265 g/mol. The SMILES string of the molecule is COC(=O)[C@H](CC1CC1)NC(=O)c1ccc(F)cc1. The van der Waals surface area contributed by atoms with E-state index in [-0.39, 0.29) is 0 Å². The van der Waals surface area contributed by atoms with Gasteiger partial charge < -0.3 is 10.1 Å². The van der Waals surface area contributed by atoms with E-state index in [0.29, 0.717) is 17.9 Å². The van der Waals surface area contributed by atoms with Gasteiger partial charge in [0, 0.05) is 5.56 Å². The number of hydrogen-bond acceptors (Lipinski definition) is 3. The third-order valence-corrected chi connectivity index (χ3v) is 3.16. The average Bonchev–Trinajstić information content (AvgIpc) is 3.21. The molecular formula is C14H16FNO3. The second kappa shape index (κ2) is 5.82. The van der Waals surface area contributed by atoms with Crippen molar-refractivity contribution in [3.63, 3.8) is 0 Å². The molecule has 0 heterocycles. The largest absolute Gasteiger partial charge is 0.467 e. The van der Waals surface area contributed by atoms with E-state index in [4.69, 9.17) is 0 Å². The normalized spacial score (nSPS) is 15.7. The average molecular weight is 265 g/mol. The summed E-state index contributed by atoms with van der Waals surface area (Å²) in [5.41, 5.74) is 0.325. The Labute approximate surface area is 110 Å². The number of rotatable bonds is 5. The van der Waals surface area contributed by atoms with E-state index in [2.05, 4.69) is 10.1 Å². The van der Waals surface area contributed by atoms with Gasteiger partial charge in [0.25, 0.3) is 5.91 Å². The van der Waals surface area contributed by atoms with Crippen molar-refractivity contribution in [2.45, 2.75) is 25.3 Å². The van der Waals surface area contributed by atoms with Crippen LogP contribution in [-0.4, -0.2) is 25.0 Å². The van der Waals surface area contributed by atoms with Crippen molar-refractivity contribution >= 4 is 11.9 Å². The molecule has 0 bridgehead atoms. The van der Waals surface area contributed by atoms with E-state index in [0.717, 1.165) is 12.8 Å². The summed E-state index contributed by atoms with van der Waals surface area (Å²) in [6, 6.07) is 4.56. The smallest absolute Gasteiger partial charge is 0.328 e. The van der Waals surface area contributed by atoms with Crippen molar-refractivity contribution < 1.29 is 18.7 Å². The van der Waals surface area contributed by atoms with Crippen LogP contribution >= 0.6 is 0 Å². The summed E-state index contributed by atoms with van der Waals surface area (Å²) in [6.07, 6.45) is 2.76. The van der Waals surface area contributed by atoms with Crippen molar-refractivity contribution in [3.8, 4) is 0 Å². The van der Waals surface area contributed by atoms with E-state index in [1.165, 1.54) is 31.4 Å². The zero-order chi connectivity index (χ0) is 13.8. The van der Waals surface area contributed by atoms with Crippen LogP contribution in [0.5, 0.6) is 0 Å². The predicted molar refractivity (Wildman–Crippen MR) is 67.0 cm³/mol. The number of benzene rings is 1. The molecule has 0 radical (unpaired) electrons. The van der Waals surface area contributed by atoms with Crippen LogP contribution in [0.15, 0.2) is 24.3 Å². The van der Waals surface area contributed by atoms with E-state index in [9.17, 15) is 14.0 Å². The second-order valence-corrected chi connectivity index (χ2v) is 4.74. The van der Waals surface area contributed by atoms with Gasteiger partial charge in [0.1, 0.15) is 11.9 Å². The molecule has 1 amide bonds. The van der Waals surface area contributed by atoms with Crippen molar-refractivity contribution in [2.24, 2.45) is 5.92 Å². The van der Waals surface area contributed by atoms with Gasteiger partial charge in [0.05, 0.1) is 7.11 Å². The minimum atomic E-state index is -0.630. The molecule has 5 heteroatoms. The number of methoxy groups -OCH3 is 1. The lowest BCUT2D eigenvalue weighted by molar-refractivity contribution is -0.143. The fraction of sp³-hybridized carbons (Fsp3) is 0.429. The number of nitrogens with one attached hydrogen (secondary N) is 1. The molecule has 0 aromatic heterocycles. The maximum Gasteiger partial charge on any atom is 0.328 e. The van der Waals surface area contributed by atoms with Gasteiger partial charge in [-0.25, -0.2) is 9.18 Å². The van der Waals surface area contributed by atoms with Crippen molar-refractivity contribution in [1.82, 2.24) is 5.32 Å². The topological polar surface area (TPSA) is 55.4 Å². The maximum absolute atomic E-state index is 12.8. The summed E-state index contributed by atoms with van der Waals surface area (Å²) < 4.78 is 17.5. The molecule has 0 saturated heterocycles. The third kappa shape index (κ3) is 3.77. The van der Waals surface area contributed by atoms with Crippen LogP contribution in [0.2, 0.25) is 0 Å². The van der Waals surface area contributed by atoms with Crippen LogP contribution in [-0.2, 0) is 9.53 Å². The van der Waals surface area contributed by atoms with Crippen LogP contribution in [0.3, 0.4) is 0 Å². The van der Waals surface area contributed by atoms with Gasteiger partial charge >= 0.3 is 5.97 Å². The predicted octanol–water partition coefficient (Wildman–Crippen LogP) is 1.90. The highest BCUT2D eigenvalue weighted by molar-refractivity contribution is 5.96. The summed E-state index contributed by atoms with van der Waals surface area (Å²) in [5.74, 6) is -0.755. The molecule has 1 aliphatic rings. The number of esters is 1. The van der Waals surface area contributed by atoms with Crippen molar-refractivity contribution in [3.05, 3.63) is 35.6 Å². The standard InChI is InChI=1S/C14H16FNO3/c1-19-14(18)12(8-9-2-3-9)16-13(17)10-4-6-11(15)7-5-10/h4-7,9,12H,2-3,8H2,1H3,(H,16,17)/t12-/m0/s1. The Morgan fingerprint density at radius 1 is 1.37 bits per heavy atom. The zero-order valence-electron chi connectivity index (χ0n) is 10.7. The first-order valence-corrected chi connectivity index (χ1v) is 6.24. The maximum atomic E-state index is 12.8. The van der Waals surface area contributed by atoms with Gasteiger partial charge in [-0.15, -0.1) is 0 Å². The minimum absolute atomic E-state index is 0.325. The Kier molecular flexibility index (Phi) is 4.14. The van der Waals surface area contributed by atoms with Gasteiger partial charge in [0.15, 0.2) is 0 Å². The highest BCUT2D eigenvalue weighted by Crippen LogP contribution is 2.33. The van der Waals surface area contributed by atoms with Gasteiger partial charge in [-0.3, -0.25) is 4.79 Å². The first kappa shape index (κ1) is 13.5. The molecule has 1 aliphatic carbocycles. The quantitative estimate of drug-likeness (QED) is 0.827. The van der Waals surface area contributed by atoms with Crippen LogP contribution in [0.25, 0.3) is 0 Å². The van der Waals surface area contributed by atoms with Crippen molar-refractivity contribution in [2.75, 3.05) is 7.11 Å². The molecular weight excluding hydrogens is 249 g/mol. The summed E-state index contributed by atoms with van der Waals surface area (Å²) in [6.45, 7) is 0. The molecule has 102 valence electrons. The minimum Gasteiger partial charge on any atom is -0.467 e. The first-order valence-electron chi connectivity index (χ1n) is 6.24.